The molecule has 1 heterocycles. The number of carbonyl (C=O) groups excluding carboxylic acids is 1. The number of hydrogen-bond donors (Lipinski definition) is 2. The molecule has 4 heteroatoms. The van der Waals surface area contributed by atoms with E-state index in [0.717, 1.165) is 4.88 Å². The lowest BCUT2D eigenvalue weighted by Gasteiger charge is -2.02. The fourth-order valence-electron chi connectivity index (χ4n) is 1.29. The zero-order valence-corrected chi connectivity index (χ0v) is 9.54. The molecule has 1 amide bonds. The van der Waals surface area contributed by atoms with E-state index < -0.39 is 0 Å². The van der Waals surface area contributed by atoms with Gasteiger partial charge in [0.1, 0.15) is 5.75 Å². The molecule has 0 fully saturated rings. The number of thiophene rings is 1. The normalized spacial score (nSPS) is 10.1. The third kappa shape index (κ3) is 2.41. The van der Waals surface area contributed by atoms with E-state index in [1.807, 2.05) is 13.0 Å². The lowest BCUT2D eigenvalue weighted by atomic mass is 10.3. The van der Waals surface area contributed by atoms with Crippen LogP contribution in [0.5, 0.6) is 5.75 Å². The highest BCUT2D eigenvalue weighted by Crippen LogP contribution is 2.18. The van der Waals surface area contributed by atoms with E-state index in [9.17, 15) is 4.79 Å². The summed E-state index contributed by atoms with van der Waals surface area (Å²) < 4.78 is 0. The van der Waals surface area contributed by atoms with Gasteiger partial charge in [0, 0.05) is 10.6 Å². The van der Waals surface area contributed by atoms with E-state index in [4.69, 9.17) is 5.11 Å². The predicted molar refractivity (Wildman–Crippen MR) is 65.1 cm³/mol. The number of phenolic OH excluding ortho intramolecular Hbond substituents is 1. The van der Waals surface area contributed by atoms with Gasteiger partial charge in [-0.1, -0.05) is 0 Å². The van der Waals surface area contributed by atoms with Crippen molar-refractivity contribution in [2.24, 2.45) is 0 Å². The lowest BCUT2D eigenvalue weighted by Crippen LogP contribution is -2.09. The molecule has 82 valence electrons. The molecular formula is C12H11NO2S. The Kier molecular flexibility index (Phi) is 2.92. The fraction of sp³-hybridized carbons (Fsp3) is 0.0833. The van der Waals surface area contributed by atoms with Gasteiger partial charge in [0.15, 0.2) is 0 Å². The summed E-state index contributed by atoms with van der Waals surface area (Å²) in [5.74, 6) is 0.0637. The Bertz CT molecular complexity index is 502. The second-order valence-corrected chi connectivity index (χ2v) is 4.70. The van der Waals surface area contributed by atoms with Gasteiger partial charge in [-0.2, -0.15) is 0 Å². The van der Waals surface area contributed by atoms with Crippen LogP contribution in [0.1, 0.15) is 14.5 Å². The third-order valence-corrected chi connectivity index (χ3v) is 3.09. The number of phenols is 1. The summed E-state index contributed by atoms with van der Waals surface area (Å²) in [5.41, 5.74) is 0.675. The van der Waals surface area contributed by atoms with Crippen LogP contribution in [-0.4, -0.2) is 11.0 Å². The third-order valence-electron chi connectivity index (χ3n) is 2.09. The number of carbonyl (C=O) groups is 1. The second-order valence-electron chi connectivity index (χ2n) is 3.41. The SMILES string of the molecule is Cc1ccc(C(=O)Nc2ccc(O)cc2)s1. The maximum atomic E-state index is 11.7. The van der Waals surface area contributed by atoms with Crippen molar-refractivity contribution in [2.75, 3.05) is 5.32 Å². The Morgan fingerprint density at radius 1 is 1.19 bits per heavy atom. The van der Waals surface area contributed by atoms with Crippen LogP contribution in [-0.2, 0) is 0 Å². The van der Waals surface area contributed by atoms with Crippen molar-refractivity contribution in [1.82, 2.24) is 0 Å². The number of aryl methyl sites for hydroxylation is 1. The molecule has 2 N–H and O–H groups in total. The molecule has 3 nitrogen and oxygen atoms in total. The molecular weight excluding hydrogens is 222 g/mol. The molecule has 1 aromatic carbocycles. The van der Waals surface area contributed by atoms with Crippen LogP contribution in [0.4, 0.5) is 5.69 Å². The highest BCUT2D eigenvalue weighted by atomic mass is 32.1. The quantitative estimate of drug-likeness (QED) is 0.783. The first-order valence-electron chi connectivity index (χ1n) is 4.82. The van der Waals surface area contributed by atoms with Crippen LogP contribution in [0.3, 0.4) is 0 Å². The first kappa shape index (κ1) is 10.7. The summed E-state index contributed by atoms with van der Waals surface area (Å²) in [4.78, 5) is 13.5. The van der Waals surface area contributed by atoms with Crippen molar-refractivity contribution in [1.29, 1.82) is 0 Å². The topological polar surface area (TPSA) is 49.3 Å². The highest BCUT2D eigenvalue weighted by Gasteiger charge is 2.07. The first-order chi connectivity index (χ1) is 7.65. The van der Waals surface area contributed by atoms with Gasteiger partial charge in [0.25, 0.3) is 5.91 Å². The number of amides is 1. The summed E-state index contributed by atoms with van der Waals surface area (Å²) in [7, 11) is 0. The number of aromatic hydroxyl groups is 1. The van der Waals surface area contributed by atoms with Gasteiger partial charge >= 0.3 is 0 Å². The monoisotopic (exact) mass is 233 g/mol. The van der Waals surface area contributed by atoms with Crippen LogP contribution >= 0.6 is 11.3 Å². The van der Waals surface area contributed by atoms with Crippen molar-refractivity contribution in [3.8, 4) is 5.75 Å². The molecule has 0 radical (unpaired) electrons. The minimum atomic E-state index is -0.121. The Morgan fingerprint density at radius 2 is 1.88 bits per heavy atom. The predicted octanol–water partition coefficient (Wildman–Crippen LogP) is 3.01. The zero-order chi connectivity index (χ0) is 11.5. The van der Waals surface area contributed by atoms with Crippen molar-refractivity contribution in [3.05, 3.63) is 46.2 Å². The van der Waals surface area contributed by atoms with Crippen molar-refractivity contribution < 1.29 is 9.90 Å². The number of benzene rings is 1. The Hall–Kier alpha value is -1.81. The summed E-state index contributed by atoms with van der Waals surface area (Å²) in [6, 6.07) is 10.1. The van der Waals surface area contributed by atoms with Crippen LogP contribution in [0, 0.1) is 6.92 Å². The second kappa shape index (κ2) is 4.37. The average molecular weight is 233 g/mol. The summed E-state index contributed by atoms with van der Waals surface area (Å²) >= 11 is 1.46. The molecule has 0 saturated carbocycles. The van der Waals surface area contributed by atoms with E-state index in [0.29, 0.717) is 10.6 Å². The van der Waals surface area contributed by atoms with Crippen molar-refractivity contribution >= 4 is 22.9 Å². The Labute approximate surface area is 97.4 Å². The lowest BCUT2D eigenvalue weighted by molar-refractivity contribution is 0.103. The Morgan fingerprint density at radius 3 is 2.44 bits per heavy atom. The first-order valence-corrected chi connectivity index (χ1v) is 5.63. The number of rotatable bonds is 2. The number of anilines is 1. The van der Waals surface area contributed by atoms with E-state index in [1.54, 1.807) is 18.2 Å². The van der Waals surface area contributed by atoms with Crippen LogP contribution < -0.4 is 5.32 Å². The number of hydrogen-bond acceptors (Lipinski definition) is 3. The van der Waals surface area contributed by atoms with Gasteiger partial charge in [0.2, 0.25) is 0 Å². The minimum absolute atomic E-state index is 0.121. The standard InChI is InChI=1S/C12H11NO2S/c1-8-2-7-11(16-8)12(15)13-9-3-5-10(14)6-4-9/h2-7,14H,1H3,(H,13,15). The zero-order valence-electron chi connectivity index (χ0n) is 8.73. The summed E-state index contributed by atoms with van der Waals surface area (Å²) in [6.45, 7) is 1.96. The molecule has 0 aliphatic heterocycles. The van der Waals surface area contributed by atoms with Gasteiger partial charge in [-0.3, -0.25) is 4.79 Å². The van der Waals surface area contributed by atoms with Gasteiger partial charge in [-0.25, -0.2) is 0 Å². The van der Waals surface area contributed by atoms with Crippen molar-refractivity contribution in [2.45, 2.75) is 6.92 Å². The van der Waals surface area contributed by atoms with Gasteiger partial charge in [-0.05, 0) is 43.3 Å². The van der Waals surface area contributed by atoms with E-state index in [1.165, 1.54) is 23.5 Å². The molecule has 0 bridgehead atoms. The molecule has 0 aliphatic carbocycles. The minimum Gasteiger partial charge on any atom is -0.508 e. The van der Waals surface area contributed by atoms with Crippen LogP contribution in [0.15, 0.2) is 36.4 Å². The fourth-order valence-corrected chi connectivity index (χ4v) is 2.06. The maximum absolute atomic E-state index is 11.7. The smallest absolute Gasteiger partial charge is 0.265 e. The maximum Gasteiger partial charge on any atom is 0.265 e. The molecule has 0 saturated heterocycles. The molecule has 2 aromatic rings. The highest BCUT2D eigenvalue weighted by molar-refractivity contribution is 7.14. The molecule has 1 aromatic heterocycles. The van der Waals surface area contributed by atoms with Gasteiger partial charge in [-0.15, -0.1) is 11.3 Å². The largest absolute Gasteiger partial charge is 0.508 e. The van der Waals surface area contributed by atoms with E-state index in [-0.39, 0.29) is 11.7 Å². The average Bonchev–Trinajstić information content (AvgIpc) is 2.68. The van der Waals surface area contributed by atoms with Gasteiger partial charge in [0.05, 0.1) is 4.88 Å². The molecule has 0 spiro atoms. The molecule has 16 heavy (non-hydrogen) atoms. The van der Waals surface area contributed by atoms with E-state index >= 15 is 0 Å². The van der Waals surface area contributed by atoms with E-state index in [2.05, 4.69) is 5.32 Å². The van der Waals surface area contributed by atoms with Crippen molar-refractivity contribution in [3.63, 3.8) is 0 Å². The Balaban J connectivity index is 2.10. The molecule has 0 aliphatic rings. The molecule has 2 rings (SSSR count). The van der Waals surface area contributed by atoms with Crippen LogP contribution in [0.25, 0.3) is 0 Å². The molecule has 0 atom stereocenters. The van der Waals surface area contributed by atoms with Gasteiger partial charge < -0.3 is 10.4 Å². The number of nitrogens with one attached hydrogen (secondary N) is 1. The molecule has 0 unspecified atom stereocenters. The summed E-state index contributed by atoms with van der Waals surface area (Å²) in [6.07, 6.45) is 0. The van der Waals surface area contributed by atoms with Crippen LogP contribution in [0.2, 0.25) is 0 Å². The summed E-state index contributed by atoms with van der Waals surface area (Å²) in [5, 5.41) is 11.9.